The zero-order chi connectivity index (χ0) is 19.5. The Kier molecular flexibility index (Phi) is 8.89. The van der Waals surface area contributed by atoms with Crippen molar-refractivity contribution in [2.24, 2.45) is 0 Å². The average Bonchev–Trinajstić information content (AvgIpc) is 2.65. The molecule has 144 valence electrons. The summed E-state index contributed by atoms with van der Waals surface area (Å²) in [6.07, 6.45) is 6.18. The van der Waals surface area contributed by atoms with E-state index in [0.29, 0.717) is 24.7 Å². The summed E-state index contributed by atoms with van der Waals surface area (Å²) in [6, 6.07) is 14.1. The first-order chi connectivity index (χ1) is 13.1. The zero-order valence-electron chi connectivity index (χ0n) is 15.6. The Balaban J connectivity index is 1.82. The molecule has 0 aliphatic heterocycles. The van der Waals surface area contributed by atoms with Crippen LogP contribution in [-0.2, 0) is 17.8 Å². The molecule has 2 rings (SSSR count). The number of carboxylic acid groups (broad SMARTS) is 1. The summed E-state index contributed by atoms with van der Waals surface area (Å²) < 4.78 is 5.83. The van der Waals surface area contributed by atoms with Gasteiger partial charge in [0.25, 0.3) is 0 Å². The second-order valence-corrected chi connectivity index (χ2v) is 6.70. The Labute approximate surface area is 165 Å². The number of halogens is 1. The monoisotopic (exact) mass is 387 g/mol. The van der Waals surface area contributed by atoms with Gasteiger partial charge in [-0.15, -0.1) is 0 Å². The Bertz CT molecular complexity index is 757. The van der Waals surface area contributed by atoms with E-state index in [9.17, 15) is 4.79 Å². The van der Waals surface area contributed by atoms with Gasteiger partial charge in [0.15, 0.2) is 0 Å². The van der Waals surface area contributed by atoms with Crippen LogP contribution in [0, 0.1) is 0 Å². The number of benzene rings is 2. The lowest BCUT2D eigenvalue weighted by atomic mass is 10.1. The number of carboxylic acids is 1. The topological polar surface area (TPSA) is 58.6 Å². The van der Waals surface area contributed by atoms with Crippen LogP contribution < -0.4 is 10.1 Å². The molecule has 0 saturated heterocycles. The van der Waals surface area contributed by atoms with E-state index in [1.807, 2.05) is 30.4 Å². The van der Waals surface area contributed by atoms with Gasteiger partial charge < -0.3 is 15.2 Å². The lowest BCUT2D eigenvalue weighted by Crippen LogP contribution is -2.17. The molecule has 0 spiro atoms. The molecule has 0 bridgehead atoms. The molecule has 0 aromatic heterocycles. The van der Waals surface area contributed by atoms with Crippen molar-refractivity contribution in [2.75, 3.05) is 13.1 Å². The molecule has 0 fully saturated rings. The fourth-order valence-corrected chi connectivity index (χ4v) is 2.79. The third-order valence-electron chi connectivity index (χ3n) is 4.01. The molecule has 0 unspecified atom stereocenters. The van der Waals surface area contributed by atoms with Crippen LogP contribution in [0.1, 0.15) is 36.5 Å². The third-order valence-corrected chi connectivity index (χ3v) is 4.34. The highest BCUT2D eigenvalue weighted by Gasteiger charge is 2.02. The van der Waals surface area contributed by atoms with Gasteiger partial charge in [0, 0.05) is 13.1 Å². The summed E-state index contributed by atoms with van der Waals surface area (Å²) >= 11 is 6.32. The largest absolute Gasteiger partial charge is 0.489 e. The zero-order valence-corrected chi connectivity index (χ0v) is 16.3. The number of ether oxygens (including phenoxy) is 1. The van der Waals surface area contributed by atoms with Crippen molar-refractivity contribution in [3.63, 3.8) is 0 Å². The van der Waals surface area contributed by atoms with Gasteiger partial charge in [0.1, 0.15) is 12.4 Å². The van der Waals surface area contributed by atoms with Gasteiger partial charge in [0.2, 0.25) is 0 Å². The van der Waals surface area contributed by atoms with Crippen molar-refractivity contribution in [1.29, 1.82) is 0 Å². The summed E-state index contributed by atoms with van der Waals surface area (Å²) in [5.41, 5.74) is 3.37. The second kappa shape index (κ2) is 11.4. The van der Waals surface area contributed by atoms with E-state index in [1.54, 1.807) is 0 Å². The number of carbonyl (C=O) groups is 1. The summed E-state index contributed by atoms with van der Waals surface area (Å²) in [7, 11) is 0. The number of hydrogen-bond donors (Lipinski definition) is 2. The maximum atomic E-state index is 10.4. The van der Waals surface area contributed by atoms with E-state index in [4.69, 9.17) is 21.4 Å². The van der Waals surface area contributed by atoms with Crippen molar-refractivity contribution in [1.82, 2.24) is 5.32 Å². The van der Waals surface area contributed by atoms with Crippen LogP contribution in [0.25, 0.3) is 6.08 Å². The number of rotatable bonds is 11. The van der Waals surface area contributed by atoms with E-state index >= 15 is 0 Å². The standard InChI is InChI=1S/C22H26ClNO3/c1-2-4-17-6-8-18(9-7-17)16-27-20-11-10-19(21(23)15-20)5-3-13-24-14-12-22(25)26/h3,5-11,15,24H,2,4,12-14,16H2,1H3,(H,25,26)/b5-3+. The van der Waals surface area contributed by atoms with Crippen molar-refractivity contribution >= 4 is 23.6 Å². The number of aryl methyl sites for hydroxylation is 1. The molecule has 2 aromatic rings. The molecule has 2 N–H and O–H groups in total. The predicted octanol–water partition coefficient (Wildman–Crippen LogP) is 4.95. The van der Waals surface area contributed by atoms with Crippen molar-refractivity contribution in [3.8, 4) is 5.75 Å². The fourth-order valence-electron chi connectivity index (χ4n) is 2.56. The molecule has 0 aliphatic carbocycles. The molecular weight excluding hydrogens is 362 g/mol. The van der Waals surface area contributed by atoms with E-state index in [1.165, 1.54) is 5.56 Å². The van der Waals surface area contributed by atoms with Crippen molar-refractivity contribution in [2.45, 2.75) is 32.8 Å². The van der Waals surface area contributed by atoms with E-state index in [0.717, 1.165) is 29.7 Å². The van der Waals surface area contributed by atoms with Gasteiger partial charge in [-0.3, -0.25) is 4.79 Å². The van der Waals surface area contributed by atoms with Crippen LogP contribution >= 0.6 is 11.6 Å². The smallest absolute Gasteiger partial charge is 0.304 e. The highest BCUT2D eigenvalue weighted by molar-refractivity contribution is 6.32. The molecule has 4 nitrogen and oxygen atoms in total. The van der Waals surface area contributed by atoms with Crippen LogP contribution in [0.15, 0.2) is 48.5 Å². The highest BCUT2D eigenvalue weighted by Crippen LogP contribution is 2.24. The van der Waals surface area contributed by atoms with Crippen LogP contribution in [0.3, 0.4) is 0 Å². The molecule has 0 heterocycles. The Morgan fingerprint density at radius 2 is 1.93 bits per heavy atom. The van der Waals surface area contributed by atoms with Gasteiger partial charge in [-0.25, -0.2) is 0 Å². The molecule has 0 saturated carbocycles. The van der Waals surface area contributed by atoms with Crippen LogP contribution in [0.2, 0.25) is 5.02 Å². The van der Waals surface area contributed by atoms with E-state index in [2.05, 4.69) is 36.5 Å². The molecule has 0 amide bonds. The summed E-state index contributed by atoms with van der Waals surface area (Å²) in [6.45, 7) is 3.72. The number of aliphatic carboxylic acids is 1. The van der Waals surface area contributed by atoms with Gasteiger partial charge in [-0.2, -0.15) is 0 Å². The normalized spacial score (nSPS) is 11.0. The molecule has 0 aliphatic rings. The van der Waals surface area contributed by atoms with Crippen LogP contribution in [-0.4, -0.2) is 24.2 Å². The minimum atomic E-state index is -0.804. The van der Waals surface area contributed by atoms with Crippen molar-refractivity contribution < 1.29 is 14.6 Å². The predicted molar refractivity (Wildman–Crippen MR) is 110 cm³/mol. The van der Waals surface area contributed by atoms with Crippen LogP contribution in [0.5, 0.6) is 5.75 Å². The molecule has 27 heavy (non-hydrogen) atoms. The lowest BCUT2D eigenvalue weighted by molar-refractivity contribution is -0.136. The van der Waals surface area contributed by atoms with Gasteiger partial charge in [-0.1, -0.05) is 61.4 Å². The van der Waals surface area contributed by atoms with E-state index in [-0.39, 0.29) is 6.42 Å². The summed E-state index contributed by atoms with van der Waals surface area (Å²) in [5, 5.41) is 12.2. The highest BCUT2D eigenvalue weighted by atomic mass is 35.5. The van der Waals surface area contributed by atoms with E-state index < -0.39 is 5.97 Å². The molecular formula is C22H26ClNO3. The fraction of sp³-hybridized carbons (Fsp3) is 0.318. The third kappa shape index (κ3) is 7.85. The average molecular weight is 388 g/mol. The molecule has 2 aromatic carbocycles. The minimum absolute atomic E-state index is 0.113. The Morgan fingerprint density at radius 1 is 1.19 bits per heavy atom. The maximum Gasteiger partial charge on any atom is 0.304 e. The summed E-state index contributed by atoms with van der Waals surface area (Å²) in [5.74, 6) is -0.0728. The Hall–Kier alpha value is -2.30. The SMILES string of the molecule is CCCc1ccc(COc2ccc(/C=C/CNCCC(=O)O)c(Cl)c2)cc1. The minimum Gasteiger partial charge on any atom is -0.489 e. The molecule has 0 atom stereocenters. The summed E-state index contributed by atoms with van der Waals surface area (Å²) in [4.78, 5) is 10.4. The van der Waals surface area contributed by atoms with Crippen LogP contribution in [0.4, 0.5) is 0 Å². The van der Waals surface area contributed by atoms with Gasteiger partial charge >= 0.3 is 5.97 Å². The Morgan fingerprint density at radius 3 is 2.59 bits per heavy atom. The molecule has 5 heteroatoms. The lowest BCUT2D eigenvalue weighted by Gasteiger charge is -2.09. The number of hydrogen-bond acceptors (Lipinski definition) is 3. The van der Waals surface area contributed by atoms with Gasteiger partial charge in [-0.05, 0) is 41.3 Å². The van der Waals surface area contributed by atoms with Crippen molar-refractivity contribution in [3.05, 3.63) is 70.3 Å². The molecule has 0 radical (unpaired) electrons. The first-order valence-corrected chi connectivity index (χ1v) is 9.55. The second-order valence-electron chi connectivity index (χ2n) is 6.29. The number of nitrogens with one attached hydrogen (secondary N) is 1. The van der Waals surface area contributed by atoms with Gasteiger partial charge in [0.05, 0.1) is 11.4 Å². The maximum absolute atomic E-state index is 10.4. The first-order valence-electron chi connectivity index (χ1n) is 9.17. The first kappa shape index (κ1) is 21.0. The quantitative estimate of drug-likeness (QED) is 0.535.